The van der Waals surface area contributed by atoms with E-state index in [1.165, 1.54) is 0 Å². The first kappa shape index (κ1) is 17.9. The van der Waals surface area contributed by atoms with E-state index < -0.39 is 0 Å². The van der Waals surface area contributed by atoms with Crippen molar-refractivity contribution in [1.82, 2.24) is 20.1 Å². The fraction of sp³-hybridized carbons (Fsp3) is 0.250. The van der Waals surface area contributed by atoms with Crippen LogP contribution in [0.5, 0.6) is 0 Å². The Bertz CT molecular complexity index is 925. The van der Waals surface area contributed by atoms with E-state index in [0.29, 0.717) is 31.8 Å². The molecule has 1 aromatic carbocycles. The van der Waals surface area contributed by atoms with Crippen LogP contribution in [0, 0.1) is 0 Å². The van der Waals surface area contributed by atoms with Gasteiger partial charge in [-0.3, -0.25) is 14.5 Å². The molecular formula is C20H19BrN4O2. The highest BCUT2D eigenvalue weighted by atomic mass is 79.9. The summed E-state index contributed by atoms with van der Waals surface area (Å²) in [5.74, 6) is -0.173. The van der Waals surface area contributed by atoms with Crippen LogP contribution in [0.4, 0.5) is 0 Å². The summed E-state index contributed by atoms with van der Waals surface area (Å²) in [6.45, 7) is 1.56. The summed E-state index contributed by atoms with van der Waals surface area (Å²) in [5.41, 5.74) is 3.39. The number of amides is 1. The third-order valence-corrected chi connectivity index (χ3v) is 5.03. The van der Waals surface area contributed by atoms with Crippen LogP contribution in [0.1, 0.15) is 33.5 Å². The van der Waals surface area contributed by atoms with Gasteiger partial charge in [0.15, 0.2) is 5.69 Å². The van der Waals surface area contributed by atoms with Gasteiger partial charge in [0.1, 0.15) is 6.10 Å². The number of fused-ring (bicyclic) bond motifs is 1. The maximum absolute atomic E-state index is 12.4. The SMILES string of the molecule is O=C(NCCc1ccccn1)c1cc2n(n1)C[C@H](c1ccc(Br)cc1)OC2. The van der Waals surface area contributed by atoms with E-state index in [0.717, 1.165) is 21.4 Å². The lowest BCUT2D eigenvalue weighted by Crippen LogP contribution is -2.26. The first-order valence-corrected chi connectivity index (χ1v) is 9.60. The van der Waals surface area contributed by atoms with Gasteiger partial charge < -0.3 is 10.1 Å². The van der Waals surface area contributed by atoms with Gasteiger partial charge in [0.2, 0.25) is 0 Å². The maximum atomic E-state index is 12.4. The Labute approximate surface area is 165 Å². The number of carbonyl (C=O) groups excluding carboxylic acids is 1. The smallest absolute Gasteiger partial charge is 0.271 e. The minimum absolute atomic E-state index is 0.0643. The second kappa shape index (κ2) is 8.02. The van der Waals surface area contributed by atoms with Crippen LogP contribution in [0.25, 0.3) is 0 Å². The zero-order valence-electron chi connectivity index (χ0n) is 14.6. The average molecular weight is 427 g/mol. The number of rotatable bonds is 5. The number of hydrogen-bond acceptors (Lipinski definition) is 4. The molecule has 0 aliphatic carbocycles. The van der Waals surface area contributed by atoms with E-state index in [-0.39, 0.29) is 12.0 Å². The Hall–Kier alpha value is -2.51. The Morgan fingerprint density at radius 3 is 2.89 bits per heavy atom. The number of aromatic nitrogens is 3. The molecule has 27 heavy (non-hydrogen) atoms. The molecule has 0 saturated carbocycles. The van der Waals surface area contributed by atoms with E-state index in [9.17, 15) is 4.79 Å². The van der Waals surface area contributed by atoms with Crippen LogP contribution in [0.2, 0.25) is 0 Å². The van der Waals surface area contributed by atoms with E-state index >= 15 is 0 Å². The van der Waals surface area contributed by atoms with Gasteiger partial charge in [-0.2, -0.15) is 5.10 Å². The van der Waals surface area contributed by atoms with Crippen molar-refractivity contribution in [3.8, 4) is 0 Å². The van der Waals surface area contributed by atoms with Crippen LogP contribution in [0.3, 0.4) is 0 Å². The first-order chi connectivity index (χ1) is 13.2. The monoisotopic (exact) mass is 426 g/mol. The molecule has 0 saturated heterocycles. The Morgan fingerprint density at radius 1 is 1.26 bits per heavy atom. The number of hydrogen-bond donors (Lipinski definition) is 1. The molecule has 138 valence electrons. The molecule has 0 radical (unpaired) electrons. The molecule has 1 amide bonds. The molecule has 2 aromatic heterocycles. The van der Waals surface area contributed by atoms with Crippen molar-refractivity contribution >= 4 is 21.8 Å². The molecule has 0 fully saturated rings. The molecule has 0 bridgehead atoms. The average Bonchev–Trinajstić information content (AvgIpc) is 3.13. The van der Waals surface area contributed by atoms with E-state index in [1.807, 2.05) is 47.1 Å². The van der Waals surface area contributed by atoms with E-state index in [2.05, 4.69) is 31.3 Å². The topological polar surface area (TPSA) is 69.0 Å². The molecule has 3 aromatic rings. The summed E-state index contributed by atoms with van der Waals surface area (Å²) < 4.78 is 8.85. The molecule has 1 aliphatic heterocycles. The Balaban J connectivity index is 1.37. The summed E-state index contributed by atoms with van der Waals surface area (Å²) in [6, 6.07) is 15.6. The molecule has 1 aliphatic rings. The predicted molar refractivity (Wildman–Crippen MR) is 104 cm³/mol. The van der Waals surface area contributed by atoms with Crippen LogP contribution in [-0.4, -0.2) is 27.2 Å². The van der Waals surface area contributed by atoms with Gasteiger partial charge in [-0.05, 0) is 35.9 Å². The van der Waals surface area contributed by atoms with E-state index in [1.54, 1.807) is 12.3 Å². The third-order valence-electron chi connectivity index (χ3n) is 4.50. The maximum Gasteiger partial charge on any atom is 0.271 e. The van der Waals surface area contributed by atoms with E-state index in [4.69, 9.17) is 4.74 Å². The van der Waals surface area contributed by atoms with Gasteiger partial charge in [-0.1, -0.05) is 34.1 Å². The molecule has 4 rings (SSSR count). The lowest BCUT2D eigenvalue weighted by molar-refractivity contribution is -0.00120. The highest BCUT2D eigenvalue weighted by Gasteiger charge is 2.24. The van der Waals surface area contributed by atoms with Gasteiger partial charge in [0, 0.05) is 29.3 Å². The number of nitrogens with zero attached hydrogens (tertiary/aromatic N) is 3. The largest absolute Gasteiger partial charge is 0.365 e. The standard InChI is InChI=1S/C20H19BrN4O2/c21-15-6-4-14(5-7-15)19-12-25-17(13-27-19)11-18(24-25)20(26)23-10-8-16-3-1-2-9-22-16/h1-7,9,11,19H,8,10,12-13H2,(H,23,26)/t19-/m1/s1. The van der Waals surface area contributed by atoms with Crippen LogP contribution >= 0.6 is 15.9 Å². The quantitative estimate of drug-likeness (QED) is 0.679. The normalized spacial score (nSPS) is 16.0. The number of benzene rings is 1. The molecule has 7 heteroatoms. The van der Waals surface area contributed by atoms with Gasteiger partial charge >= 0.3 is 0 Å². The van der Waals surface area contributed by atoms with Crippen LogP contribution < -0.4 is 5.32 Å². The van der Waals surface area contributed by atoms with Crippen molar-refractivity contribution in [2.45, 2.75) is 25.7 Å². The highest BCUT2D eigenvalue weighted by molar-refractivity contribution is 9.10. The predicted octanol–water partition coefficient (Wildman–Crippen LogP) is 3.28. The van der Waals surface area contributed by atoms with Crippen molar-refractivity contribution in [3.05, 3.63) is 81.8 Å². The van der Waals surface area contributed by atoms with Gasteiger partial charge in [0.25, 0.3) is 5.91 Å². The lowest BCUT2D eigenvalue weighted by atomic mass is 10.1. The fourth-order valence-corrected chi connectivity index (χ4v) is 3.32. The number of nitrogens with one attached hydrogen (secondary N) is 1. The number of pyridine rings is 1. The van der Waals surface area contributed by atoms with Crippen molar-refractivity contribution < 1.29 is 9.53 Å². The fourth-order valence-electron chi connectivity index (χ4n) is 3.06. The minimum atomic E-state index is -0.173. The van der Waals surface area contributed by atoms with Gasteiger partial charge in [-0.25, -0.2) is 0 Å². The van der Waals surface area contributed by atoms with Crippen molar-refractivity contribution in [3.63, 3.8) is 0 Å². The summed E-state index contributed by atoms with van der Waals surface area (Å²) in [6.07, 6.45) is 2.38. The summed E-state index contributed by atoms with van der Waals surface area (Å²) in [4.78, 5) is 16.6. The van der Waals surface area contributed by atoms with Crippen LogP contribution in [0.15, 0.2) is 59.2 Å². The molecule has 3 heterocycles. The summed E-state index contributed by atoms with van der Waals surface area (Å²) >= 11 is 3.44. The van der Waals surface area contributed by atoms with Gasteiger partial charge in [0.05, 0.1) is 18.8 Å². The third kappa shape index (κ3) is 4.26. The zero-order chi connectivity index (χ0) is 18.6. The molecular weight excluding hydrogens is 408 g/mol. The number of carbonyl (C=O) groups is 1. The summed E-state index contributed by atoms with van der Waals surface area (Å²) in [7, 11) is 0. The molecule has 6 nitrogen and oxygen atoms in total. The molecule has 1 atom stereocenters. The molecule has 1 N–H and O–H groups in total. The molecule has 0 unspecified atom stereocenters. The number of ether oxygens (including phenoxy) is 1. The lowest BCUT2D eigenvalue weighted by Gasteiger charge is -2.24. The first-order valence-electron chi connectivity index (χ1n) is 8.81. The Kier molecular flexibility index (Phi) is 5.31. The second-order valence-corrected chi connectivity index (χ2v) is 7.30. The van der Waals surface area contributed by atoms with Gasteiger partial charge in [-0.15, -0.1) is 0 Å². The minimum Gasteiger partial charge on any atom is -0.365 e. The van der Waals surface area contributed by atoms with Crippen molar-refractivity contribution in [1.29, 1.82) is 0 Å². The van der Waals surface area contributed by atoms with Crippen molar-refractivity contribution in [2.75, 3.05) is 6.54 Å². The highest BCUT2D eigenvalue weighted by Crippen LogP contribution is 2.27. The summed E-state index contributed by atoms with van der Waals surface area (Å²) in [5, 5.41) is 7.37. The Morgan fingerprint density at radius 2 is 2.11 bits per heavy atom. The number of halogens is 1. The second-order valence-electron chi connectivity index (χ2n) is 6.38. The zero-order valence-corrected chi connectivity index (χ0v) is 16.2. The molecule has 0 spiro atoms. The van der Waals surface area contributed by atoms with Crippen LogP contribution in [-0.2, 0) is 24.3 Å². The van der Waals surface area contributed by atoms with Crippen molar-refractivity contribution in [2.24, 2.45) is 0 Å².